The fraction of sp³-hybridized carbons (Fsp3) is 0.750. The molecule has 0 spiro atoms. The molecule has 1 aromatic rings. The van der Waals surface area contributed by atoms with Crippen molar-refractivity contribution in [2.45, 2.75) is 39.7 Å². The zero-order chi connectivity index (χ0) is 11.4. The predicted molar refractivity (Wildman–Crippen MR) is 63.5 cm³/mol. The Balaban J connectivity index is 2.51. The maximum absolute atomic E-state index is 5.99. The molecule has 15 heavy (non-hydrogen) atoms. The number of rotatable bonds is 5. The lowest BCUT2D eigenvalue weighted by atomic mass is 9.86. The van der Waals surface area contributed by atoms with E-state index in [1.54, 1.807) is 0 Å². The third kappa shape index (κ3) is 3.34. The molecule has 86 valence electrons. The number of hydrogen-bond acceptors (Lipinski definition) is 2. The number of nitrogens with two attached hydrogens (primary N) is 1. The molecule has 0 radical (unpaired) electrons. The second kappa shape index (κ2) is 5.31. The Labute approximate surface area is 92.7 Å². The summed E-state index contributed by atoms with van der Waals surface area (Å²) < 4.78 is 2.08. The first kappa shape index (κ1) is 12.2. The highest BCUT2D eigenvalue weighted by molar-refractivity contribution is 4.92. The van der Waals surface area contributed by atoms with Crippen LogP contribution in [0.15, 0.2) is 12.4 Å². The largest absolute Gasteiger partial charge is 0.338 e. The maximum Gasteiger partial charge on any atom is 0.108 e. The molecule has 0 amide bonds. The van der Waals surface area contributed by atoms with Crippen molar-refractivity contribution in [1.82, 2.24) is 9.55 Å². The standard InChI is InChI=1S/C12H23N3/c1-9(2)11(10(3)13)5-6-12-14-7-8-15(12)4/h7-11H,5-6,13H2,1-4H3. The van der Waals surface area contributed by atoms with Crippen LogP contribution in [0.1, 0.15) is 33.0 Å². The van der Waals surface area contributed by atoms with Gasteiger partial charge >= 0.3 is 0 Å². The molecule has 0 aliphatic heterocycles. The highest BCUT2D eigenvalue weighted by Crippen LogP contribution is 2.20. The summed E-state index contributed by atoms with van der Waals surface area (Å²) in [4.78, 5) is 4.33. The normalized spacial score (nSPS) is 15.6. The predicted octanol–water partition coefficient (Wildman–Crippen LogP) is 1.97. The van der Waals surface area contributed by atoms with Crippen molar-refractivity contribution in [1.29, 1.82) is 0 Å². The smallest absolute Gasteiger partial charge is 0.108 e. The van der Waals surface area contributed by atoms with Gasteiger partial charge < -0.3 is 10.3 Å². The van der Waals surface area contributed by atoms with Crippen molar-refractivity contribution in [3.05, 3.63) is 18.2 Å². The van der Waals surface area contributed by atoms with Gasteiger partial charge in [0.15, 0.2) is 0 Å². The number of imidazole rings is 1. The van der Waals surface area contributed by atoms with Crippen LogP contribution in [0.25, 0.3) is 0 Å². The van der Waals surface area contributed by atoms with Crippen LogP contribution in [0, 0.1) is 11.8 Å². The molecule has 0 saturated heterocycles. The molecule has 2 N–H and O–H groups in total. The van der Waals surface area contributed by atoms with Crippen molar-refractivity contribution < 1.29 is 0 Å². The highest BCUT2D eigenvalue weighted by Gasteiger charge is 2.18. The van der Waals surface area contributed by atoms with Gasteiger partial charge in [-0.05, 0) is 25.2 Å². The van der Waals surface area contributed by atoms with Crippen LogP contribution >= 0.6 is 0 Å². The molecule has 3 heteroatoms. The van der Waals surface area contributed by atoms with E-state index in [1.165, 1.54) is 0 Å². The fourth-order valence-electron chi connectivity index (χ4n) is 2.14. The summed E-state index contributed by atoms with van der Waals surface area (Å²) in [5, 5.41) is 0. The van der Waals surface area contributed by atoms with E-state index in [1.807, 2.05) is 19.4 Å². The molecule has 0 aliphatic carbocycles. The minimum absolute atomic E-state index is 0.269. The SMILES string of the molecule is CC(C)C(CCc1nccn1C)C(C)N. The first-order valence-corrected chi connectivity index (χ1v) is 5.74. The summed E-state index contributed by atoms with van der Waals surface area (Å²) in [6.07, 6.45) is 5.99. The summed E-state index contributed by atoms with van der Waals surface area (Å²) in [6.45, 7) is 6.59. The van der Waals surface area contributed by atoms with Crippen molar-refractivity contribution >= 4 is 0 Å². The first-order chi connectivity index (χ1) is 7.02. The van der Waals surface area contributed by atoms with Gasteiger partial charge in [0, 0.05) is 31.9 Å². The Bertz CT molecular complexity index is 281. The van der Waals surface area contributed by atoms with Gasteiger partial charge in [-0.15, -0.1) is 0 Å². The summed E-state index contributed by atoms with van der Waals surface area (Å²) in [6, 6.07) is 0.269. The topological polar surface area (TPSA) is 43.8 Å². The zero-order valence-corrected chi connectivity index (χ0v) is 10.3. The summed E-state index contributed by atoms with van der Waals surface area (Å²) in [5.41, 5.74) is 5.99. The van der Waals surface area contributed by atoms with Crippen LogP contribution in [0.4, 0.5) is 0 Å². The Kier molecular flexibility index (Phi) is 4.33. The minimum Gasteiger partial charge on any atom is -0.338 e. The van der Waals surface area contributed by atoms with Gasteiger partial charge in [-0.3, -0.25) is 0 Å². The molecule has 2 atom stereocenters. The van der Waals surface area contributed by atoms with Gasteiger partial charge in [-0.1, -0.05) is 13.8 Å². The third-order valence-corrected chi connectivity index (χ3v) is 3.15. The van der Waals surface area contributed by atoms with E-state index in [9.17, 15) is 0 Å². The molecule has 1 heterocycles. The van der Waals surface area contributed by atoms with Gasteiger partial charge in [0.1, 0.15) is 5.82 Å². The number of aryl methyl sites for hydroxylation is 2. The van der Waals surface area contributed by atoms with E-state index in [0.717, 1.165) is 18.7 Å². The molecule has 0 aromatic carbocycles. The van der Waals surface area contributed by atoms with Gasteiger partial charge in [0.2, 0.25) is 0 Å². The Morgan fingerprint density at radius 2 is 2.07 bits per heavy atom. The molecule has 0 fully saturated rings. The number of aromatic nitrogens is 2. The van der Waals surface area contributed by atoms with Crippen LogP contribution in [-0.2, 0) is 13.5 Å². The third-order valence-electron chi connectivity index (χ3n) is 3.15. The molecule has 0 aliphatic rings. The van der Waals surface area contributed by atoms with Crippen LogP contribution in [0.3, 0.4) is 0 Å². The number of nitrogens with zero attached hydrogens (tertiary/aromatic N) is 2. The summed E-state index contributed by atoms with van der Waals surface area (Å²) in [5.74, 6) is 2.38. The quantitative estimate of drug-likeness (QED) is 0.805. The van der Waals surface area contributed by atoms with Crippen LogP contribution in [0.5, 0.6) is 0 Å². The lowest BCUT2D eigenvalue weighted by Crippen LogP contribution is -2.31. The van der Waals surface area contributed by atoms with Crippen LogP contribution in [0.2, 0.25) is 0 Å². The summed E-state index contributed by atoms with van der Waals surface area (Å²) >= 11 is 0. The van der Waals surface area contributed by atoms with Crippen molar-refractivity contribution in [2.75, 3.05) is 0 Å². The van der Waals surface area contributed by atoms with Gasteiger partial charge in [-0.2, -0.15) is 0 Å². The van der Waals surface area contributed by atoms with Gasteiger partial charge in [0.25, 0.3) is 0 Å². The molecular weight excluding hydrogens is 186 g/mol. The van der Waals surface area contributed by atoms with E-state index in [0.29, 0.717) is 11.8 Å². The van der Waals surface area contributed by atoms with Crippen molar-refractivity contribution in [3.63, 3.8) is 0 Å². The molecule has 3 nitrogen and oxygen atoms in total. The van der Waals surface area contributed by atoms with E-state index in [2.05, 4.69) is 30.3 Å². The minimum atomic E-state index is 0.269. The van der Waals surface area contributed by atoms with Crippen molar-refractivity contribution in [3.8, 4) is 0 Å². The molecule has 0 bridgehead atoms. The second-order valence-electron chi connectivity index (χ2n) is 4.76. The number of hydrogen-bond donors (Lipinski definition) is 1. The molecule has 0 saturated carbocycles. The molecular formula is C12H23N3. The average molecular weight is 209 g/mol. The lowest BCUT2D eigenvalue weighted by Gasteiger charge is -2.24. The van der Waals surface area contributed by atoms with E-state index in [-0.39, 0.29) is 6.04 Å². The van der Waals surface area contributed by atoms with E-state index >= 15 is 0 Å². The zero-order valence-electron chi connectivity index (χ0n) is 10.3. The Hall–Kier alpha value is -0.830. The fourth-order valence-corrected chi connectivity index (χ4v) is 2.14. The lowest BCUT2D eigenvalue weighted by molar-refractivity contribution is 0.308. The Morgan fingerprint density at radius 3 is 2.47 bits per heavy atom. The van der Waals surface area contributed by atoms with Gasteiger partial charge in [0.05, 0.1) is 0 Å². The molecule has 2 unspecified atom stereocenters. The molecule has 1 aromatic heterocycles. The Morgan fingerprint density at radius 1 is 1.40 bits per heavy atom. The summed E-state index contributed by atoms with van der Waals surface area (Å²) in [7, 11) is 2.04. The van der Waals surface area contributed by atoms with E-state index in [4.69, 9.17) is 5.73 Å². The average Bonchev–Trinajstić information content (AvgIpc) is 2.51. The maximum atomic E-state index is 5.99. The highest BCUT2D eigenvalue weighted by atomic mass is 15.0. The van der Waals surface area contributed by atoms with Gasteiger partial charge in [-0.25, -0.2) is 4.98 Å². The second-order valence-corrected chi connectivity index (χ2v) is 4.76. The first-order valence-electron chi connectivity index (χ1n) is 5.74. The molecule has 1 rings (SSSR count). The van der Waals surface area contributed by atoms with Crippen LogP contribution < -0.4 is 5.73 Å². The van der Waals surface area contributed by atoms with E-state index < -0.39 is 0 Å². The monoisotopic (exact) mass is 209 g/mol. The van der Waals surface area contributed by atoms with Crippen molar-refractivity contribution in [2.24, 2.45) is 24.6 Å². The van der Waals surface area contributed by atoms with Crippen LogP contribution in [-0.4, -0.2) is 15.6 Å².